The molecule has 1 heterocycles. The highest BCUT2D eigenvalue weighted by atomic mass is 16.2. The monoisotopic (exact) mass is 299 g/mol. The Kier molecular flexibility index (Phi) is 3.96. The van der Waals surface area contributed by atoms with Crippen LogP contribution in [-0.4, -0.2) is 28.7 Å². The number of amides is 3. The summed E-state index contributed by atoms with van der Waals surface area (Å²) >= 11 is 0. The van der Waals surface area contributed by atoms with Gasteiger partial charge in [-0.1, -0.05) is 50.5 Å². The number of urea groups is 1. The van der Waals surface area contributed by atoms with Crippen molar-refractivity contribution in [2.24, 2.45) is 5.10 Å². The molecule has 5 nitrogen and oxygen atoms in total. The summed E-state index contributed by atoms with van der Waals surface area (Å²) in [4.78, 5) is 24.6. The van der Waals surface area contributed by atoms with Gasteiger partial charge in [0, 0.05) is 0 Å². The van der Waals surface area contributed by atoms with Gasteiger partial charge in [0.15, 0.2) is 0 Å². The lowest BCUT2D eigenvalue weighted by molar-refractivity contribution is -0.132. The number of hydrazone groups is 1. The molecule has 1 saturated carbocycles. The topological polar surface area (TPSA) is 61.8 Å². The molecule has 0 atom stereocenters. The molecule has 0 aromatic heterocycles. The van der Waals surface area contributed by atoms with E-state index in [9.17, 15) is 9.59 Å². The van der Waals surface area contributed by atoms with E-state index in [1.807, 2.05) is 24.3 Å². The van der Waals surface area contributed by atoms with Gasteiger partial charge in [-0.2, -0.15) is 5.10 Å². The van der Waals surface area contributed by atoms with Crippen molar-refractivity contribution in [3.63, 3.8) is 0 Å². The van der Waals surface area contributed by atoms with Crippen LogP contribution in [0.3, 0.4) is 0 Å². The van der Waals surface area contributed by atoms with E-state index >= 15 is 0 Å². The molecule has 22 heavy (non-hydrogen) atoms. The molecule has 1 saturated heterocycles. The van der Waals surface area contributed by atoms with Crippen molar-refractivity contribution in [3.8, 4) is 0 Å². The molecule has 0 unspecified atom stereocenters. The molecule has 1 aromatic rings. The van der Waals surface area contributed by atoms with Crippen molar-refractivity contribution in [1.82, 2.24) is 10.3 Å². The summed E-state index contributed by atoms with van der Waals surface area (Å²) in [5, 5.41) is 7.94. The van der Waals surface area contributed by atoms with Gasteiger partial charge in [0.05, 0.1) is 6.21 Å². The van der Waals surface area contributed by atoms with Crippen LogP contribution >= 0.6 is 0 Å². The van der Waals surface area contributed by atoms with E-state index in [0.29, 0.717) is 0 Å². The van der Waals surface area contributed by atoms with Gasteiger partial charge >= 0.3 is 6.03 Å². The second-order valence-electron chi connectivity index (χ2n) is 6.03. The van der Waals surface area contributed by atoms with Crippen LogP contribution in [0, 0.1) is 0 Å². The van der Waals surface area contributed by atoms with Gasteiger partial charge in [-0.25, -0.2) is 4.79 Å². The number of hydrogen-bond donors (Lipinski definition) is 1. The predicted octanol–water partition coefficient (Wildman–Crippen LogP) is 2.84. The first kappa shape index (κ1) is 14.8. The maximum Gasteiger partial charge on any atom is 0.346 e. The standard InChI is InChI=1S/C17H21N3O2/c1-2-13-6-8-14(9-7-13)12-18-20-15(21)17(19-16(20)22)10-4-3-5-11-17/h6-9,12H,2-5,10-11H2,1H3,(H,19,22)/b18-12-. The van der Waals surface area contributed by atoms with Crippen LogP contribution in [0.25, 0.3) is 0 Å². The Hall–Kier alpha value is -2.17. The van der Waals surface area contributed by atoms with E-state index < -0.39 is 11.6 Å². The smallest absolute Gasteiger partial charge is 0.321 e. The minimum Gasteiger partial charge on any atom is -0.321 e. The highest BCUT2D eigenvalue weighted by Crippen LogP contribution is 2.33. The minimum atomic E-state index is -0.710. The maximum absolute atomic E-state index is 12.5. The van der Waals surface area contributed by atoms with Crippen LogP contribution in [0.5, 0.6) is 0 Å². The van der Waals surface area contributed by atoms with Gasteiger partial charge < -0.3 is 5.32 Å². The van der Waals surface area contributed by atoms with E-state index in [4.69, 9.17) is 0 Å². The summed E-state index contributed by atoms with van der Waals surface area (Å²) in [6, 6.07) is 7.52. The third-order valence-electron chi connectivity index (χ3n) is 4.56. The number of rotatable bonds is 3. The fourth-order valence-electron chi connectivity index (χ4n) is 3.17. The first-order valence-electron chi connectivity index (χ1n) is 7.94. The summed E-state index contributed by atoms with van der Waals surface area (Å²) in [7, 11) is 0. The molecule has 3 amide bonds. The van der Waals surface area contributed by atoms with E-state index in [1.165, 1.54) is 5.56 Å². The fourth-order valence-corrected chi connectivity index (χ4v) is 3.17. The number of nitrogens with one attached hydrogen (secondary N) is 1. The van der Waals surface area contributed by atoms with Crippen LogP contribution in [0.15, 0.2) is 29.4 Å². The molecular weight excluding hydrogens is 278 g/mol. The molecule has 2 fully saturated rings. The first-order valence-corrected chi connectivity index (χ1v) is 7.94. The van der Waals surface area contributed by atoms with Crippen molar-refractivity contribution >= 4 is 18.2 Å². The van der Waals surface area contributed by atoms with Crippen molar-refractivity contribution in [2.45, 2.75) is 51.0 Å². The third kappa shape index (κ3) is 2.63. The summed E-state index contributed by atoms with van der Waals surface area (Å²) in [5.41, 5.74) is 1.41. The number of imide groups is 1. The van der Waals surface area contributed by atoms with Gasteiger partial charge in [-0.05, 0) is 30.4 Å². The highest BCUT2D eigenvalue weighted by Gasteiger charge is 2.51. The van der Waals surface area contributed by atoms with Crippen LogP contribution in [-0.2, 0) is 11.2 Å². The summed E-state index contributed by atoms with van der Waals surface area (Å²) < 4.78 is 0. The molecule has 1 N–H and O–H groups in total. The third-order valence-corrected chi connectivity index (χ3v) is 4.56. The van der Waals surface area contributed by atoms with Crippen LogP contribution in [0.4, 0.5) is 4.79 Å². The van der Waals surface area contributed by atoms with Crippen LogP contribution in [0.2, 0.25) is 0 Å². The number of carbonyl (C=O) groups is 2. The number of benzene rings is 1. The maximum atomic E-state index is 12.5. The van der Waals surface area contributed by atoms with E-state index in [0.717, 1.165) is 49.1 Å². The molecule has 5 heteroatoms. The Bertz CT molecular complexity index is 601. The molecule has 1 aromatic carbocycles. The lowest BCUT2D eigenvalue weighted by Gasteiger charge is -2.29. The average Bonchev–Trinajstić information content (AvgIpc) is 2.77. The number of carbonyl (C=O) groups excluding carboxylic acids is 2. The zero-order valence-corrected chi connectivity index (χ0v) is 12.8. The van der Waals surface area contributed by atoms with E-state index in [-0.39, 0.29) is 5.91 Å². The van der Waals surface area contributed by atoms with Crippen molar-refractivity contribution in [2.75, 3.05) is 0 Å². The zero-order valence-electron chi connectivity index (χ0n) is 12.8. The van der Waals surface area contributed by atoms with Crippen molar-refractivity contribution in [1.29, 1.82) is 0 Å². The van der Waals surface area contributed by atoms with Gasteiger partial charge in [0.2, 0.25) is 0 Å². The van der Waals surface area contributed by atoms with Crippen LogP contribution < -0.4 is 5.32 Å². The molecule has 0 radical (unpaired) electrons. The van der Waals surface area contributed by atoms with Crippen LogP contribution in [0.1, 0.15) is 50.2 Å². The first-order chi connectivity index (χ1) is 10.6. The van der Waals surface area contributed by atoms with Crippen molar-refractivity contribution < 1.29 is 9.59 Å². The number of aryl methyl sites for hydroxylation is 1. The summed E-state index contributed by atoms with van der Waals surface area (Å²) in [5.74, 6) is -0.210. The fraction of sp³-hybridized carbons (Fsp3) is 0.471. The molecule has 2 aliphatic rings. The van der Waals surface area contributed by atoms with Gasteiger partial charge in [0.1, 0.15) is 5.54 Å². The lowest BCUT2D eigenvalue weighted by atomic mass is 9.82. The van der Waals surface area contributed by atoms with E-state index in [2.05, 4.69) is 17.3 Å². The Morgan fingerprint density at radius 2 is 1.86 bits per heavy atom. The largest absolute Gasteiger partial charge is 0.346 e. The lowest BCUT2D eigenvalue weighted by Crippen LogP contribution is -2.48. The zero-order chi connectivity index (χ0) is 15.6. The number of nitrogens with zero attached hydrogens (tertiary/aromatic N) is 2. The Morgan fingerprint density at radius 3 is 2.50 bits per heavy atom. The quantitative estimate of drug-likeness (QED) is 0.689. The minimum absolute atomic E-state index is 0.210. The molecule has 0 bridgehead atoms. The average molecular weight is 299 g/mol. The highest BCUT2D eigenvalue weighted by molar-refractivity contribution is 6.07. The molecular formula is C17H21N3O2. The van der Waals surface area contributed by atoms with Crippen molar-refractivity contribution in [3.05, 3.63) is 35.4 Å². The Balaban J connectivity index is 1.75. The Morgan fingerprint density at radius 1 is 1.18 bits per heavy atom. The number of hydrogen-bond acceptors (Lipinski definition) is 3. The summed E-state index contributed by atoms with van der Waals surface area (Å²) in [6.45, 7) is 2.10. The molecule has 116 valence electrons. The molecule has 1 aliphatic carbocycles. The predicted molar refractivity (Wildman–Crippen MR) is 84.6 cm³/mol. The second-order valence-corrected chi connectivity index (χ2v) is 6.03. The summed E-state index contributed by atoms with van der Waals surface area (Å²) in [6.07, 6.45) is 7.05. The van der Waals surface area contributed by atoms with Gasteiger partial charge in [-0.15, -0.1) is 5.01 Å². The second kappa shape index (κ2) is 5.91. The molecule has 3 rings (SSSR count). The normalized spacial score (nSPS) is 20.9. The van der Waals surface area contributed by atoms with Gasteiger partial charge in [0.25, 0.3) is 5.91 Å². The molecule has 1 aliphatic heterocycles. The molecule has 1 spiro atoms. The SMILES string of the molecule is CCc1ccc(/C=N\N2C(=O)NC3(CCCCC3)C2=O)cc1. The van der Waals surface area contributed by atoms with Gasteiger partial charge in [-0.3, -0.25) is 4.79 Å². The Labute approximate surface area is 130 Å². The van der Waals surface area contributed by atoms with E-state index in [1.54, 1.807) is 6.21 Å².